The number of hydrogen-bond acceptors (Lipinski definition) is 7. The number of nitrogen functional groups attached to an aromatic ring is 1. The van der Waals surface area contributed by atoms with Gasteiger partial charge in [-0.05, 0) is 72.1 Å². The quantitative estimate of drug-likeness (QED) is 0.778. The molecule has 0 unspecified atom stereocenters. The summed E-state index contributed by atoms with van der Waals surface area (Å²) in [6.45, 7) is 13.5. The Bertz CT molecular complexity index is 695. The second-order valence-electron chi connectivity index (χ2n) is 8.55. The molecule has 0 spiro atoms. The minimum atomic E-state index is -0.635. The van der Waals surface area contributed by atoms with Crippen molar-refractivity contribution in [3.8, 4) is 0 Å². The van der Waals surface area contributed by atoms with Gasteiger partial charge >= 0.3 is 13.2 Å². The van der Waals surface area contributed by atoms with E-state index in [1.54, 1.807) is 18.2 Å². The molecule has 0 atom stereocenters. The summed E-state index contributed by atoms with van der Waals surface area (Å²) in [5.41, 5.74) is 5.28. The number of nitrogens with zero attached hydrogens (tertiary/aromatic N) is 2. The Morgan fingerprint density at radius 2 is 1.81 bits per heavy atom. The van der Waals surface area contributed by atoms with Gasteiger partial charge in [0.15, 0.2) is 0 Å². The third-order valence-electron chi connectivity index (χ3n) is 4.43. The van der Waals surface area contributed by atoms with E-state index in [4.69, 9.17) is 19.8 Å². The zero-order valence-electron chi connectivity index (χ0n) is 17.1. The molecule has 8 nitrogen and oxygen atoms in total. The largest absolute Gasteiger partial charge is 0.492 e. The summed E-state index contributed by atoms with van der Waals surface area (Å²) in [7, 11) is -0.635. The van der Waals surface area contributed by atoms with Gasteiger partial charge < -0.3 is 25.1 Å². The van der Waals surface area contributed by atoms with Crippen LogP contribution < -0.4 is 11.1 Å². The van der Waals surface area contributed by atoms with Gasteiger partial charge in [-0.2, -0.15) is 0 Å². The van der Waals surface area contributed by atoms with Crippen molar-refractivity contribution in [2.75, 3.05) is 12.3 Å². The van der Waals surface area contributed by atoms with Gasteiger partial charge in [-0.15, -0.1) is 10.2 Å². The lowest BCUT2D eigenvalue weighted by atomic mass is 9.77. The molecule has 0 radical (unpaired) electrons. The molecule has 9 heteroatoms. The number of aromatic nitrogens is 2. The Morgan fingerprint density at radius 3 is 2.30 bits per heavy atom. The number of anilines is 1. The predicted molar refractivity (Wildman–Crippen MR) is 105 cm³/mol. The van der Waals surface area contributed by atoms with Crippen LogP contribution in [0.1, 0.15) is 54.2 Å². The van der Waals surface area contributed by atoms with Crippen LogP contribution in [0.3, 0.4) is 0 Å². The number of nitrogens with two attached hydrogens (primary N) is 1. The SMILES string of the molecule is CC(C)(C)OC(=O)NCC(=Cc1ccc(N)nn1)B1OC(C)(C)C(C)(C)O1. The van der Waals surface area contributed by atoms with E-state index in [0.717, 1.165) is 0 Å². The maximum Gasteiger partial charge on any atom is 0.492 e. The summed E-state index contributed by atoms with van der Waals surface area (Å²) in [6, 6.07) is 3.39. The molecule has 1 amide bonds. The fourth-order valence-corrected chi connectivity index (χ4v) is 2.31. The van der Waals surface area contributed by atoms with Crippen LogP contribution in [0.2, 0.25) is 0 Å². The summed E-state index contributed by atoms with van der Waals surface area (Å²) in [5, 5.41) is 10.6. The molecule has 0 bridgehead atoms. The summed E-state index contributed by atoms with van der Waals surface area (Å²) < 4.78 is 17.5. The topological polar surface area (TPSA) is 109 Å². The molecule has 1 aromatic rings. The van der Waals surface area contributed by atoms with E-state index in [1.165, 1.54) is 0 Å². The number of carbonyl (C=O) groups excluding carboxylic acids is 1. The number of hydrogen-bond donors (Lipinski definition) is 2. The first-order valence-corrected chi connectivity index (χ1v) is 8.91. The summed E-state index contributed by atoms with van der Waals surface area (Å²) in [6.07, 6.45) is 1.25. The summed E-state index contributed by atoms with van der Waals surface area (Å²) in [5.74, 6) is 0.330. The minimum absolute atomic E-state index is 0.178. The fraction of sp³-hybridized carbons (Fsp3) is 0.611. The lowest BCUT2D eigenvalue weighted by Crippen LogP contribution is -2.41. The molecular weight excluding hydrogens is 347 g/mol. The highest BCUT2D eigenvalue weighted by atomic mass is 16.7. The molecule has 1 aliphatic heterocycles. The molecule has 0 saturated carbocycles. The monoisotopic (exact) mass is 376 g/mol. The number of alkyl carbamates (subject to hydrolysis) is 1. The molecule has 0 aromatic carbocycles. The van der Waals surface area contributed by atoms with Gasteiger partial charge in [-0.3, -0.25) is 0 Å². The van der Waals surface area contributed by atoms with Crippen LogP contribution in [0.5, 0.6) is 0 Å². The van der Waals surface area contributed by atoms with Crippen molar-refractivity contribution < 1.29 is 18.8 Å². The molecular formula is C18H29BN4O4. The molecule has 0 aliphatic carbocycles. The molecule has 2 heterocycles. The second-order valence-corrected chi connectivity index (χ2v) is 8.55. The zero-order valence-corrected chi connectivity index (χ0v) is 17.1. The Kier molecular flexibility index (Phi) is 5.87. The number of nitrogens with one attached hydrogen (secondary N) is 1. The second kappa shape index (κ2) is 7.48. The molecule has 1 aliphatic rings. The normalized spacial score (nSPS) is 19.1. The van der Waals surface area contributed by atoms with Crippen molar-refractivity contribution in [3.63, 3.8) is 0 Å². The van der Waals surface area contributed by atoms with Crippen molar-refractivity contribution in [1.82, 2.24) is 15.5 Å². The van der Waals surface area contributed by atoms with Gasteiger partial charge in [0.1, 0.15) is 11.4 Å². The number of ether oxygens (including phenoxy) is 1. The number of rotatable bonds is 4. The van der Waals surface area contributed by atoms with E-state index in [-0.39, 0.29) is 6.54 Å². The van der Waals surface area contributed by atoms with Gasteiger partial charge in [0.05, 0.1) is 16.9 Å². The maximum atomic E-state index is 12.0. The maximum absolute atomic E-state index is 12.0. The summed E-state index contributed by atoms with van der Waals surface area (Å²) in [4.78, 5) is 12.0. The molecule has 1 aromatic heterocycles. The van der Waals surface area contributed by atoms with E-state index in [0.29, 0.717) is 17.0 Å². The zero-order chi connectivity index (χ0) is 20.5. The number of carbonyl (C=O) groups is 1. The van der Waals surface area contributed by atoms with Gasteiger partial charge in [-0.25, -0.2) is 4.79 Å². The van der Waals surface area contributed by atoms with E-state index >= 15 is 0 Å². The highest BCUT2D eigenvalue weighted by Gasteiger charge is 2.52. The van der Waals surface area contributed by atoms with Gasteiger partial charge in [-0.1, -0.05) is 0 Å². The van der Waals surface area contributed by atoms with Gasteiger partial charge in [0.2, 0.25) is 0 Å². The lowest BCUT2D eigenvalue weighted by Gasteiger charge is -2.32. The molecule has 27 heavy (non-hydrogen) atoms. The highest BCUT2D eigenvalue weighted by molar-refractivity contribution is 6.56. The molecule has 2 rings (SSSR count). The first-order valence-electron chi connectivity index (χ1n) is 8.91. The Labute approximate surface area is 161 Å². The van der Waals surface area contributed by atoms with Crippen molar-refractivity contribution in [1.29, 1.82) is 0 Å². The standard InChI is InChI=1S/C18H29BN4O4/c1-16(2,3)25-15(24)21-11-12(10-13-8-9-14(20)23-22-13)19-26-17(4,5)18(6,7)27-19/h8-10H,11H2,1-7H3,(H2,20,23)(H,21,24). The first-order chi connectivity index (χ1) is 12.3. The first kappa shape index (κ1) is 21.2. The highest BCUT2D eigenvalue weighted by Crippen LogP contribution is 2.38. The van der Waals surface area contributed by atoms with Crippen LogP contribution in [0.4, 0.5) is 10.6 Å². The molecule has 1 saturated heterocycles. The average Bonchev–Trinajstić information content (AvgIpc) is 2.72. The van der Waals surface area contributed by atoms with Gasteiger partial charge in [0, 0.05) is 6.54 Å². The van der Waals surface area contributed by atoms with Crippen LogP contribution in [-0.2, 0) is 14.0 Å². The molecule has 148 valence electrons. The Balaban J connectivity index is 2.22. The minimum Gasteiger partial charge on any atom is -0.444 e. The lowest BCUT2D eigenvalue weighted by molar-refractivity contribution is 0.00578. The number of amides is 1. The van der Waals surface area contributed by atoms with Crippen LogP contribution in [0.25, 0.3) is 6.08 Å². The summed E-state index contributed by atoms with van der Waals surface area (Å²) >= 11 is 0. The van der Waals surface area contributed by atoms with E-state index in [9.17, 15) is 4.79 Å². The third kappa shape index (κ3) is 5.67. The van der Waals surface area contributed by atoms with E-state index in [2.05, 4.69) is 15.5 Å². The van der Waals surface area contributed by atoms with Crippen molar-refractivity contribution in [2.24, 2.45) is 0 Å². The third-order valence-corrected chi connectivity index (χ3v) is 4.43. The van der Waals surface area contributed by atoms with E-state index < -0.39 is 30.0 Å². The van der Waals surface area contributed by atoms with Crippen LogP contribution in [0.15, 0.2) is 17.6 Å². The predicted octanol–water partition coefficient (Wildman–Crippen LogP) is 2.60. The van der Waals surface area contributed by atoms with Crippen molar-refractivity contribution in [3.05, 3.63) is 23.3 Å². The molecule has 1 fully saturated rings. The Morgan fingerprint density at radius 1 is 1.22 bits per heavy atom. The van der Waals surface area contributed by atoms with Crippen molar-refractivity contribution >= 4 is 25.1 Å². The van der Waals surface area contributed by atoms with E-state index in [1.807, 2.05) is 48.5 Å². The van der Waals surface area contributed by atoms with Crippen LogP contribution in [-0.4, -0.2) is 46.8 Å². The van der Waals surface area contributed by atoms with Crippen LogP contribution >= 0.6 is 0 Å². The fourth-order valence-electron chi connectivity index (χ4n) is 2.31. The average molecular weight is 376 g/mol. The van der Waals surface area contributed by atoms with Gasteiger partial charge in [0.25, 0.3) is 0 Å². The Hall–Kier alpha value is -2.13. The van der Waals surface area contributed by atoms with Crippen LogP contribution in [0, 0.1) is 0 Å². The molecule has 3 N–H and O–H groups in total. The smallest absolute Gasteiger partial charge is 0.444 e. The van der Waals surface area contributed by atoms with Crippen molar-refractivity contribution in [2.45, 2.75) is 65.3 Å².